The third-order valence-electron chi connectivity index (χ3n) is 6.18. The highest BCUT2D eigenvalue weighted by molar-refractivity contribution is 5.95. The number of fused-ring (bicyclic) bond motifs is 2. The molecule has 3 N–H and O–H groups in total. The zero-order chi connectivity index (χ0) is 26.2. The molecular formula is C28H30N2O7. The number of hydrogen-bond donors (Lipinski definition) is 3. The maximum atomic E-state index is 13.2. The molecule has 37 heavy (non-hydrogen) atoms. The number of benzene rings is 2. The molecule has 3 atom stereocenters. The molecule has 2 aromatic carbocycles. The van der Waals surface area contributed by atoms with Crippen LogP contribution in [0, 0.1) is 11.8 Å². The van der Waals surface area contributed by atoms with E-state index in [1.165, 1.54) is 0 Å². The zero-order valence-electron chi connectivity index (χ0n) is 20.4. The first kappa shape index (κ1) is 26.4. The van der Waals surface area contributed by atoms with Crippen molar-refractivity contribution in [1.29, 1.82) is 0 Å². The Morgan fingerprint density at radius 1 is 0.973 bits per heavy atom. The van der Waals surface area contributed by atoms with Crippen molar-refractivity contribution in [3.05, 3.63) is 65.2 Å². The van der Waals surface area contributed by atoms with Crippen molar-refractivity contribution >= 4 is 23.5 Å². The maximum absolute atomic E-state index is 13.2. The van der Waals surface area contributed by atoms with E-state index < -0.39 is 24.5 Å². The van der Waals surface area contributed by atoms with Crippen LogP contribution in [0.15, 0.2) is 48.5 Å². The summed E-state index contributed by atoms with van der Waals surface area (Å²) in [6, 6.07) is 15.2. The number of carbonyl (C=O) groups is 3. The van der Waals surface area contributed by atoms with Gasteiger partial charge in [0, 0.05) is 43.4 Å². The molecule has 4 rings (SSSR count). The van der Waals surface area contributed by atoms with Gasteiger partial charge in [0.15, 0.2) is 6.29 Å². The summed E-state index contributed by atoms with van der Waals surface area (Å²) < 4.78 is 10.3. The number of esters is 1. The molecule has 9 heteroatoms. The second-order valence-corrected chi connectivity index (χ2v) is 9.03. The minimum absolute atomic E-state index is 0.0840. The third kappa shape index (κ3) is 7.40. The first-order chi connectivity index (χ1) is 17.9. The number of anilines is 1. The summed E-state index contributed by atoms with van der Waals surface area (Å²) in [5, 5.41) is 21.8. The van der Waals surface area contributed by atoms with Gasteiger partial charge < -0.3 is 29.9 Å². The van der Waals surface area contributed by atoms with Crippen LogP contribution in [0.25, 0.3) is 0 Å². The van der Waals surface area contributed by atoms with E-state index in [-0.39, 0.29) is 57.1 Å². The van der Waals surface area contributed by atoms with E-state index in [2.05, 4.69) is 17.2 Å². The number of nitrogens with one attached hydrogen (secondary N) is 1. The summed E-state index contributed by atoms with van der Waals surface area (Å²) in [6.07, 6.45) is -2.13. The van der Waals surface area contributed by atoms with E-state index in [1.54, 1.807) is 4.90 Å². The van der Waals surface area contributed by atoms with Gasteiger partial charge in [-0.05, 0) is 23.8 Å². The average molecular weight is 507 g/mol. The molecule has 0 aromatic heterocycles. The summed E-state index contributed by atoms with van der Waals surface area (Å²) in [4.78, 5) is 39.0. The van der Waals surface area contributed by atoms with E-state index in [4.69, 9.17) is 9.47 Å². The first-order valence-corrected chi connectivity index (χ1v) is 12.3. The van der Waals surface area contributed by atoms with Crippen LogP contribution < -0.4 is 10.2 Å². The molecule has 1 fully saturated rings. The molecule has 194 valence electrons. The fourth-order valence-corrected chi connectivity index (χ4v) is 4.29. The molecule has 1 unspecified atom stereocenters. The number of rotatable bonds is 8. The average Bonchev–Trinajstić information content (AvgIpc) is 2.87. The summed E-state index contributed by atoms with van der Waals surface area (Å²) in [5.74, 6) is 5.24. The Morgan fingerprint density at radius 3 is 2.51 bits per heavy atom. The fourth-order valence-electron chi connectivity index (χ4n) is 4.29. The van der Waals surface area contributed by atoms with Gasteiger partial charge in [0.2, 0.25) is 11.8 Å². The summed E-state index contributed by atoms with van der Waals surface area (Å²) in [5.41, 5.74) is 3.31. The minimum Gasteiger partial charge on any atom is -0.463 e. The van der Waals surface area contributed by atoms with Crippen LogP contribution in [0.2, 0.25) is 0 Å². The third-order valence-corrected chi connectivity index (χ3v) is 6.18. The van der Waals surface area contributed by atoms with Crippen LogP contribution in [0.3, 0.4) is 0 Å². The quantitative estimate of drug-likeness (QED) is 0.367. The number of aliphatic hydroxyl groups is 2. The van der Waals surface area contributed by atoms with E-state index >= 15 is 0 Å². The molecular weight excluding hydrogens is 476 g/mol. The number of para-hydroxylation sites is 1. The van der Waals surface area contributed by atoms with Crippen molar-refractivity contribution in [1.82, 2.24) is 5.32 Å². The standard InChI is InChI=1S/C28H30N2O7/c31-22-15-23(37-28(35)16-22)18-36-27(34)12-11-25(32)29-14-13-26(33)30-17-21-7-2-1-5-19(21)9-10-20-6-3-4-8-24(20)30/h1-8,22-23,28,31,35H,11-18H2,(H,29,32)/t22-,23-,28?/m0/s1. The molecule has 0 spiro atoms. The molecule has 2 amide bonds. The molecule has 2 aromatic rings. The monoisotopic (exact) mass is 506 g/mol. The van der Waals surface area contributed by atoms with Gasteiger partial charge in [0.1, 0.15) is 6.61 Å². The van der Waals surface area contributed by atoms with Gasteiger partial charge in [-0.3, -0.25) is 14.4 Å². The predicted molar refractivity (Wildman–Crippen MR) is 134 cm³/mol. The number of nitrogens with zero attached hydrogens (tertiary/aromatic N) is 1. The lowest BCUT2D eigenvalue weighted by Gasteiger charge is -2.29. The highest BCUT2D eigenvalue weighted by atomic mass is 16.6. The maximum Gasteiger partial charge on any atom is 0.306 e. The summed E-state index contributed by atoms with van der Waals surface area (Å²) in [7, 11) is 0. The molecule has 0 bridgehead atoms. The van der Waals surface area contributed by atoms with Crippen LogP contribution >= 0.6 is 0 Å². The van der Waals surface area contributed by atoms with Gasteiger partial charge in [-0.15, -0.1) is 0 Å². The van der Waals surface area contributed by atoms with Crippen LogP contribution in [-0.2, 0) is 30.4 Å². The molecule has 9 nitrogen and oxygen atoms in total. The second-order valence-electron chi connectivity index (χ2n) is 9.03. The SMILES string of the molecule is O=C(CCC(=O)OC[C@@H]1C[C@H](O)CC(O)O1)NCCC(=O)N1Cc2ccccc2C#Cc2ccccc21. The van der Waals surface area contributed by atoms with Crippen molar-refractivity contribution in [3.8, 4) is 11.8 Å². The first-order valence-electron chi connectivity index (χ1n) is 12.3. The number of hydrogen-bond acceptors (Lipinski definition) is 7. The van der Waals surface area contributed by atoms with Gasteiger partial charge in [0.25, 0.3) is 0 Å². The lowest BCUT2D eigenvalue weighted by Crippen LogP contribution is -2.38. The largest absolute Gasteiger partial charge is 0.463 e. The van der Waals surface area contributed by atoms with Crippen LogP contribution in [-0.4, -0.2) is 59.6 Å². The molecule has 1 saturated heterocycles. The Labute approximate surface area is 215 Å². The van der Waals surface area contributed by atoms with E-state index in [1.807, 2.05) is 48.5 Å². The summed E-state index contributed by atoms with van der Waals surface area (Å²) >= 11 is 0. The number of carbonyl (C=O) groups excluding carboxylic acids is 3. The van der Waals surface area contributed by atoms with E-state index in [0.717, 1.165) is 22.4 Å². The highest BCUT2D eigenvalue weighted by Crippen LogP contribution is 2.26. The summed E-state index contributed by atoms with van der Waals surface area (Å²) in [6.45, 7) is 0.400. The molecule has 2 aliphatic rings. The number of ether oxygens (including phenoxy) is 2. The van der Waals surface area contributed by atoms with Gasteiger partial charge in [-0.25, -0.2) is 0 Å². The van der Waals surface area contributed by atoms with Crippen molar-refractivity contribution in [3.63, 3.8) is 0 Å². The minimum atomic E-state index is -1.09. The predicted octanol–water partition coefficient (Wildman–Crippen LogP) is 1.62. The Hall–Kier alpha value is -3.71. The van der Waals surface area contributed by atoms with Crippen LogP contribution in [0.5, 0.6) is 0 Å². The normalized spacial score (nSPS) is 20.3. The zero-order valence-corrected chi connectivity index (χ0v) is 20.4. The van der Waals surface area contributed by atoms with Gasteiger partial charge in [-0.1, -0.05) is 42.2 Å². The Bertz CT molecular complexity index is 1190. The fraction of sp³-hybridized carbons (Fsp3) is 0.393. The van der Waals surface area contributed by atoms with Gasteiger partial charge in [0.05, 0.1) is 30.9 Å². The van der Waals surface area contributed by atoms with Crippen LogP contribution in [0.4, 0.5) is 5.69 Å². The molecule has 0 aliphatic carbocycles. The molecule has 0 saturated carbocycles. The second kappa shape index (κ2) is 12.5. The van der Waals surface area contributed by atoms with Gasteiger partial charge in [-0.2, -0.15) is 0 Å². The lowest BCUT2D eigenvalue weighted by atomic mass is 10.0. The smallest absolute Gasteiger partial charge is 0.306 e. The van der Waals surface area contributed by atoms with Crippen molar-refractivity contribution in [2.45, 2.75) is 57.1 Å². The van der Waals surface area contributed by atoms with Crippen molar-refractivity contribution in [2.75, 3.05) is 18.1 Å². The number of amides is 2. The van der Waals surface area contributed by atoms with Crippen molar-refractivity contribution < 1.29 is 34.1 Å². The van der Waals surface area contributed by atoms with E-state index in [9.17, 15) is 24.6 Å². The Morgan fingerprint density at radius 2 is 1.70 bits per heavy atom. The Balaban J connectivity index is 1.23. The van der Waals surface area contributed by atoms with Crippen LogP contribution in [0.1, 0.15) is 48.8 Å². The lowest BCUT2D eigenvalue weighted by molar-refractivity contribution is -0.203. The van der Waals surface area contributed by atoms with Crippen molar-refractivity contribution in [2.24, 2.45) is 0 Å². The molecule has 0 radical (unpaired) electrons. The number of aliphatic hydroxyl groups excluding tert-OH is 2. The topological polar surface area (TPSA) is 125 Å². The van der Waals surface area contributed by atoms with E-state index in [0.29, 0.717) is 6.54 Å². The van der Waals surface area contributed by atoms with Gasteiger partial charge >= 0.3 is 5.97 Å². The molecule has 2 aliphatic heterocycles. The molecule has 2 heterocycles. The Kier molecular flexibility index (Phi) is 8.90. The highest BCUT2D eigenvalue weighted by Gasteiger charge is 2.28.